The Morgan fingerprint density at radius 2 is 1.50 bits per heavy atom. The first kappa shape index (κ1) is 9.56. The summed E-state index contributed by atoms with van der Waals surface area (Å²) in [5.74, 6) is 0. The highest BCUT2D eigenvalue weighted by Gasteiger charge is 1.89. The molecule has 0 heterocycles. The lowest BCUT2D eigenvalue weighted by Crippen LogP contribution is -3.98. The van der Waals surface area contributed by atoms with Crippen LogP contribution < -0.4 is 27.9 Å². The van der Waals surface area contributed by atoms with Gasteiger partial charge in [-0.05, 0) is 3.44 Å². The molecule has 4 nitrogen and oxygen atoms in total. The third-order valence-corrected chi connectivity index (χ3v) is 0. The lowest BCUT2D eigenvalue weighted by molar-refractivity contribution is -1.63. The van der Waals surface area contributed by atoms with Crippen LogP contribution in [0, 0.1) is 0 Å². The second-order valence-electron chi connectivity index (χ2n) is 0.201. The molecule has 0 amide bonds. The Balaban J connectivity index is 0. The predicted molar refractivity (Wildman–Crippen MR) is 9.34 cm³/mol. The SMILES string of the molecule is C=O.[O-][I+2]([O-])O. The van der Waals surface area contributed by atoms with Gasteiger partial charge in [0, 0.05) is 0 Å². The molecule has 0 unspecified atom stereocenters. The summed E-state index contributed by atoms with van der Waals surface area (Å²) in [5, 5.41) is 0. The minimum atomic E-state index is -3.76. The van der Waals surface area contributed by atoms with Gasteiger partial charge in [-0.15, -0.1) is 0 Å². The van der Waals surface area contributed by atoms with Crippen LogP contribution in [-0.2, 0) is 4.79 Å². The molecule has 0 aliphatic heterocycles. The zero-order valence-corrected chi connectivity index (χ0v) is 4.91. The van der Waals surface area contributed by atoms with Crippen LogP contribution in [0.15, 0.2) is 0 Å². The Hall–Kier alpha value is 0.280. The van der Waals surface area contributed by atoms with Gasteiger partial charge in [0.05, 0.1) is 0 Å². The van der Waals surface area contributed by atoms with Gasteiger partial charge < -0.3 is 11.7 Å². The van der Waals surface area contributed by atoms with Gasteiger partial charge in [0.25, 0.3) is 0 Å². The zero-order valence-electron chi connectivity index (χ0n) is 2.76. The van der Waals surface area contributed by atoms with Crippen molar-refractivity contribution in [3.8, 4) is 0 Å². The Morgan fingerprint density at radius 1 is 1.50 bits per heavy atom. The van der Waals surface area contributed by atoms with Gasteiger partial charge in [-0.25, -0.2) is 0 Å². The average molecular weight is 206 g/mol. The number of carbonyl (C=O) groups excluding carboxylic acids is 1. The summed E-state index contributed by atoms with van der Waals surface area (Å²) in [5.41, 5.74) is 0. The molecule has 0 aliphatic carbocycles. The van der Waals surface area contributed by atoms with Crippen LogP contribution in [0.3, 0.4) is 0 Å². The summed E-state index contributed by atoms with van der Waals surface area (Å²) in [6.07, 6.45) is 0. The Morgan fingerprint density at radius 3 is 1.50 bits per heavy atom. The second kappa shape index (κ2) is 8.99. The first-order valence-corrected chi connectivity index (χ1v) is 3.49. The fourth-order valence-corrected chi connectivity index (χ4v) is 0. The maximum absolute atomic E-state index is 8.68. The standard InChI is InChI=1S/CH2O.HIO3/c1-2;2-1(3)4/h1H2;2H. The number of hydrogen-bond acceptors (Lipinski definition) is 4. The first-order valence-electron chi connectivity index (χ1n) is 0.766. The molecule has 0 aromatic carbocycles. The normalized spacial score (nSPS) is 6.67. The highest BCUT2D eigenvalue weighted by Crippen LogP contribution is 0.494. The molecule has 0 radical (unpaired) electrons. The van der Waals surface area contributed by atoms with Crippen molar-refractivity contribution >= 4 is 6.79 Å². The smallest absolute Gasteiger partial charge is 0.396 e. The van der Waals surface area contributed by atoms with Crippen molar-refractivity contribution in [3.63, 3.8) is 0 Å². The van der Waals surface area contributed by atoms with E-state index < -0.39 is 21.1 Å². The van der Waals surface area contributed by atoms with E-state index in [0.29, 0.717) is 0 Å². The molecule has 0 fully saturated rings. The molecule has 38 valence electrons. The predicted octanol–water partition coefficient (Wildman–Crippen LogP) is -6.12. The van der Waals surface area contributed by atoms with Crippen LogP contribution in [0.5, 0.6) is 0 Å². The summed E-state index contributed by atoms with van der Waals surface area (Å²) in [4.78, 5) is 8.00. The fraction of sp³-hybridized carbons (Fsp3) is 0. The quantitative estimate of drug-likeness (QED) is 0.400. The summed E-state index contributed by atoms with van der Waals surface area (Å²) < 4.78 is 24.5. The largest absolute Gasteiger partial charge is 0.503 e. The summed E-state index contributed by atoms with van der Waals surface area (Å²) in [6.45, 7) is 2.00. The number of halogens is 1. The molecule has 6 heavy (non-hydrogen) atoms. The van der Waals surface area contributed by atoms with Gasteiger partial charge in [0.2, 0.25) is 0 Å². The fourth-order valence-electron chi connectivity index (χ4n) is 0. The van der Waals surface area contributed by atoms with E-state index in [0.717, 1.165) is 0 Å². The number of carbonyl (C=O) groups is 1. The summed E-state index contributed by atoms with van der Waals surface area (Å²) in [6, 6.07) is 0. The van der Waals surface area contributed by atoms with Crippen LogP contribution in [0.2, 0.25) is 0 Å². The van der Waals surface area contributed by atoms with E-state index in [4.69, 9.17) is 15.1 Å². The van der Waals surface area contributed by atoms with Gasteiger partial charge in [-0.1, -0.05) is 0 Å². The molecular formula is CH3IO4. The van der Waals surface area contributed by atoms with Crippen LogP contribution in [0.1, 0.15) is 0 Å². The highest BCUT2D eigenvalue weighted by molar-refractivity contribution is 5.10. The van der Waals surface area contributed by atoms with Crippen molar-refractivity contribution in [3.05, 3.63) is 0 Å². The Bertz CT molecular complexity index is 18.8. The average Bonchev–Trinajstić information content (AvgIpc) is 1.41. The molecule has 0 bridgehead atoms. The van der Waals surface area contributed by atoms with Crippen molar-refractivity contribution in [2.24, 2.45) is 0 Å². The van der Waals surface area contributed by atoms with Crippen LogP contribution in [0.4, 0.5) is 0 Å². The zero-order chi connectivity index (χ0) is 5.58. The van der Waals surface area contributed by atoms with E-state index in [1.54, 1.807) is 0 Å². The van der Waals surface area contributed by atoms with E-state index >= 15 is 0 Å². The van der Waals surface area contributed by atoms with Crippen LogP contribution in [0.25, 0.3) is 0 Å². The van der Waals surface area contributed by atoms with Crippen molar-refractivity contribution in [1.82, 2.24) is 0 Å². The van der Waals surface area contributed by atoms with Crippen molar-refractivity contribution in [2.75, 3.05) is 0 Å². The molecule has 0 spiro atoms. The molecule has 0 atom stereocenters. The minimum Gasteiger partial charge on any atom is -0.396 e. The minimum absolute atomic E-state index is 2.00. The Kier molecular flexibility index (Phi) is 14.3. The molecule has 0 rings (SSSR count). The van der Waals surface area contributed by atoms with Crippen molar-refractivity contribution in [1.29, 1.82) is 0 Å². The third-order valence-electron chi connectivity index (χ3n) is 0. The number of rotatable bonds is 0. The van der Waals surface area contributed by atoms with Crippen LogP contribution >= 0.6 is 0 Å². The highest BCUT2D eigenvalue weighted by atomic mass is 127. The van der Waals surface area contributed by atoms with E-state index in [2.05, 4.69) is 0 Å². The molecular weight excluding hydrogens is 203 g/mol. The van der Waals surface area contributed by atoms with Gasteiger partial charge in [-0.3, -0.25) is 0 Å². The van der Waals surface area contributed by atoms with Crippen molar-refractivity contribution in [2.45, 2.75) is 0 Å². The van der Waals surface area contributed by atoms with Gasteiger partial charge in [0.15, 0.2) is 0 Å². The molecule has 1 N–H and O–H groups in total. The third kappa shape index (κ3) is 587. The summed E-state index contributed by atoms with van der Waals surface area (Å²) >= 11 is -3.76. The molecule has 0 saturated carbocycles. The van der Waals surface area contributed by atoms with Crippen LogP contribution in [-0.4, -0.2) is 10.2 Å². The van der Waals surface area contributed by atoms with E-state index in [1.807, 2.05) is 6.79 Å². The van der Waals surface area contributed by atoms with Gasteiger partial charge in [0.1, 0.15) is 6.79 Å². The maximum Gasteiger partial charge on any atom is 0.503 e. The van der Waals surface area contributed by atoms with Gasteiger partial charge >= 0.3 is 21.1 Å². The molecule has 0 aromatic heterocycles. The topological polar surface area (TPSA) is 83.4 Å². The second-order valence-corrected chi connectivity index (χ2v) is 1.35. The van der Waals surface area contributed by atoms with E-state index in [9.17, 15) is 0 Å². The summed E-state index contributed by atoms with van der Waals surface area (Å²) in [7, 11) is 0. The van der Waals surface area contributed by atoms with Crippen molar-refractivity contribution < 1.29 is 36.2 Å². The monoisotopic (exact) mass is 206 g/mol. The lowest BCUT2D eigenvalue weighted by Gasteiger charge is -1.67. The first-order chi connectivity index (χ1) is 2.73. The van der Waals surface area contributed by atoms with E-state index in [1.165, 1.54) is 0 Å². The molecule has 0 aliphatic rings. The lowest BCUT2D eigenvalue weighted by atomic mass is 11.9. The maximum atomic E-state index is 8.68. The Labute approximate surface area is 43.5 Å². The van der Waals surface area contributed by atoms with E-state index in [-0.39, 0.29) is 0 Å². The number of hydrogen-bond donors (Lipinski definition) is 1. The molecule has 5 heteroatoms. The van der Waals surface area contributed by atoms with Gasteiger partial charge in [-0.2, -0.15) is 0 Å². The molecule has 0 aromatic rings. The molecule has 0 saturated heterocycles.